The molecular formula is C14H30OSi. The van der Waals surface area contributed by atoms with Crippen molar-refractivity contribution in [3.63, 3.8) is 0 Å². The van der Waals surface area contributed by atoms with E-state index in [-0.39, 0.29) is 5.60 Å². The first kappa shape index (κ1) is 15.9. The summed E-state index contributed by atoms with van der Waals surface area (Å²) in [6.07, 6.45) is 14.0. The molecule has 0 atom stereocenters. The van der Waals surface area contributed by atoms with Crippen molar-refractivity contribution in [2.24, 2.45) is 0 Å². The Morgan fingerprint density at radius 2 is 1.50 bits per heavy atom. The van der Waals surface area contributed by atoms with Crippen molar-refractivity contribution in [3.05, 3.63) is 12.7 Å². The van der Waals surface area contributed by atoms with Gasteiger partial charge in [-0.25, -0.2) is 0 Å². The molecule has 0 radical (unpaired) electrons. The maximum atomic E-state index is 5.54. The van der Waals surface area contributed by atoms with Crippen LogP contribution < -0.4 is 0 Å². The lowest BCUT2D eigenvalue weighted by molar-refractivity contribution is 0.109. The number of hydrogen-bond donors (Lipinski definition) is 0. The van der Waals surface area contributed by atoms with Crippen molar-refractivity contribution < 1.29 is 4.43 Å². The zero-order valence-electron chi connectivity index (χ0n) is 11.6. The molecule has 0 aliphatic carbocycles. The molecule has 0 aromatic carbocycles. The van der Waals surface area contributed by atoms with E-state index in [2.05, 4.69) is 20.4 Å². The quantitative estimate of drug-likeness (QED) is 0.304. The van der Waals surface area contributed by atoms with Crippen LogP contribution in [0.2, 0.25) is 0 Å². The number of rotatable bonds is 11. The van der Waals surface area contributed by atoms with Crippen LogP contribution in [0.5, 0.6) is 0 Å². The molecule has 0 aromatic heterocycles. The minimum atomic E-state index is 0.135. The summed E-state index contributed by atoms with van der Waals surface area (Å²) in [5, 5.41) is 0. The molecule has 0 fully saturated rings. The lowest BCUT2D eigenvalue weighted by Crippen LogP contribution is -2.22. The maximum Gasteiger partial charge on any atom is 0.146 e. The molecule has 0 N–H and O–H groups in total. The predicted octanol–water partition coefficient (Wildman–Crippen LogP) is 3.76. The first-order valence-corrected chi connectivity index (χ1v) is 7.60. The topological polar surface area (TPSA) is 9.23 Å². The van der Waals surface area contributed by atoms with E-state index in [9.17, 15) is 0 Å². The van der Waals surface area contributed by atoms with Gasteiger partial charge in [-0.15, -0.1) is 6.58 Å². The highest BCUT2D eigenvalue weighted by Crippen LogP contribution is 2.18. The lowest BCUT2D eigenvalue weighted by Gasteiger charge is -2.23. The third-order valence-electron chi connectivity index (χ3n) is 3.24. The first-order chi connectivity index (χ1) is 7.62. The van der Waals surface area contributed by atoms with Gasteiger partial charge in [0.2, 0.25) is 0 Å². The Hall–Kier alpha value is -0.0831. The van der Waals surface area contributed by atoms with Gasteiger partial charge in [0.25, 0.3) is 0 Å². The fraction of sp³-hybridized carbons (Fsp3) is 0.857. The van der Waals surface area contributed by atoms with Crippen molar-refractivity contribution in [2.45, 2.75) is 77.2 Å². The molecule has 0 rings (SSSR count). The van der Waals surface area contributed by atoms with Crippen LogP contribution in [0.1, 0.15) is 71.6 Å². The van der Waals surface area contributed by atoms with E-state index in [1.807, 2.05) is 6.08 Å². The highest BCUT2D eigenvalue weighted by atomic mass is 28.2. The summed E-state index contributed by atoms with van der Waals surface area (Å²) in [5.74, 6) is 0. The van der Waals surface area contributed by atoms with Gasteiger partial charge in [0.1, 0.15) is 10.5 Å². The number of allylic oxidation sites excluding steroid dienone is 1. The standard InChI is InChI=1S/C14H30OSi/c1-4-5-6-7-8-9-10-11-12-13-14(2,3)15-16/h4H,1,5-13H2,2-3,16H3. The van der Waals surface area contributed by atoms with Crippen molar-refractivity contribution in [3.8, 4) is 0 Å². The van der Waals surface area contributed by atoms with E-state index in [0.29, 0.717) is 0 Å². The van der Waals surface area contributed by atoms with Gasteiger partial charge >= 0.3 is 0 Å². The van der Waals surface area contributed by atoms with Crippen molar-refractivity contribution in [1.82, 2.24) is 0 Å². The third kappa shape index (κ3) is 10.4. The minimum Gasteiger partial charge on any atom is -0.423 e. The Balaban J connectivity index is 3.12. The summed E-state index contributed by atoms with van der Waals surface area (Å²) in [6, 6.07) is 0. The van der Waals surface area contributed by atoms with Gasteiger partial charge in [-0.3, -0.25) is 0 Å². The summed E-state index contributed by atoms with van der Waals surface area (Å²) in [6.45, 7) is 8.15. The maximum absolute atomic E-state index is 5.54. The molecule has 0 aliphatic rings. The average molecular weight is 242 g/mol. The highest BCUT2D eigenvalue weighted by molar-refractivity contribution is 5.98. The fourth-order valence-electron chi connectivity index (χ4n) is 1.83. The normalized spacial score (nSPS) is 11.9. The largest absolute Gasteiger partial charge is 0.423 e. The first-order valence-electron chi connectivity index (χ1n) is 6.78. The molecule has 96 valence electrons. The molecule has 0 saturated carbocycles. The fourth-order valence-corrected chi connectivity index (χ4v) is 2.03. The summed E-state index contributed by atoms with van der Waals surface area (Å²) < 4.78 is 5.54. The SMILES string of the molecule is C=CCCCCCCCCCC(C)(C)O[SiH3]. The van der Waals surface area contributed by atoms with Crippen LogP contribution in [0.4, 0.5) is 0 Å². The third-order valence-corrected chi connectivity index (χ3v) is 4.34. The molecule has 0 unspecified atom stereocenters. The van der Waals surface area contributed by atoms with Crippen molar-refractivity contribution in [1.29, 1.82) is 0 Å². The second-order valence-corrected chi connectivity index (χ2v) is 5.67. The van der Waals surface area contributed by atoms with Gasteiger partial charge in [-0.1, -0.05) is 44.6 Å². The van der Waals surface area contributed by atoms with Gasteiger partial charge in [0.05, 0.1) is 0 Å². The van der Waals surface area contributed by atoms with E-state index >= 15 is 0 Å². The van der Waals surface area contributed by atoms with E-state index in [4.69, 9.17) is 4.43 Å². The lowest BCUT2D eigenvalue weighted by atomic mass is 9.99. The zero-order chi connectivity index (χ0) is 12.3. The van der Waals surface area contributed by atoms with Crippen LogP contribution in [0.15, 0.2) is 12.7 Å². The van der Waals surface area contributed by atoms with Crippen LogP contribution in [-0.2, 0) is 4.43 Å². The Bertz CT molecular complexity index is 166. The smallest absolute Gasteiger partial charge is 0.146 e. The van der Waals surface area contributed by atoms with Gasteiger partial charge in [-0.05, 0) is 33.1 Å². The average Bonchev–Trinajstić information content (AvgIpc) is 2.27. The van der Waals surface area contributed by atoms with E-state index in [0.717, 1.165) is 10.5 Å². The Kier molecular flexibility index (Phi) is 10.0. The number of hydrogen-bond acceptors (Lipinski definition) is 1. The molecule has 0 saturated heterocycles. The Morgan fingerprint density at radius 3 is 2.00 bits per heavy atom. The summed E-state index contributed by atoms with van der Waals surface area (Å²) in [5.41, 5.74) is 0.135. The van der Waals surface area contributed by atoms with Gasteiger partial charge in [-0.2, -0.15) is 0 Å². The van der Waals surface area contributed by atoms with Crippen LogP contribution >= 0.6 is 0 Å². The molecule has 0 bridgehead atoms. The van der Waals surface area contributed by atoms with Crippen LogP contribution in [0.3, 0.4) is 0 Å². The van der Waals surface area contributed by atoms with E-state index < -0.39 is 0 Å². The summed E-state index contributed by atoms with van der Waals surface area (Å²) in [7, 11) is 0.860. The molecule has 0 amide bonds. The second kappa shape index (κ2) is 10.1. The molecule has 0 aromatic rings. The van der Waals surface area contributed by atoms with Crippen molar-refractivity contribution >= 4 is 10.5 Å². The van der Waals surface area contributed by atoms with Gasteiger partial charge in [0, 0.05) is 5.60 Å². The summed E-state index contributed by atoms with van der Waals surface area (Å²) >= 11 is 0. The molecule has 0 spiro atoms. The van der Waals surface area contributed by atoms with E-state index in [1.165, 1.54) is 57.8 Å². The Morgan fingerprint density at radius 1 is 1.00 bits per heavy atom. The number of unbranched alkanes of at least 4 members (excludes halogenated alkanes) is 7. The van der Waals surface area contributed by atoms with Crippen LogP contribution in [0.25, 0.3) is 0 Å². The van der Waals surface area contributed by atoms with Crippen molar-refractivity contribution in [2.75, 3.05) is 0 Å². The molecule has 16 heavy (non-hydrogen) atoms. The molecular weight excluding hydrogens is 212 g/mol. The molecule has 0 heterocycles. The van der Waals surface area contributed by atoms with Gasteiger partial charge in [0.15, 0.2) is 0 Å². The predicted molar refractivity (Wildman–Crippen MR) is 76.9 cm³/mol. The monoisotopic (exact) mass is 242 g/mol. The van der Waals surface area contributed by atoms with Crippen LogP contribution in [-0.4, -0.2) is 16.1 Å². The highest BCUT2D eigenvalue weighted by Gasteiger charge is 2.13. The molecule has 2 heteroatoms. The molecule has 0 aliphatic heterocycles. The second-order valence-electron chi connectivity index (χ2n) is 5.27. The van der Waals surface area contributed by atoms with E-state index in [1.54, 1.807) is 0 Å². The molecule has 1 nitrogen and oxygen atoms in total. The summed E-state index contributed by atoms with van der Waals surface area (Å²) in [4.78, 5) is 0. The van der Waals surface area contributed by atoms with Crippen LogP contribution in [0, 0.1) is 0 Å². The van der Waals surface area contributed by atoms with Gasteiger partial charge < -0.3 is 4.43 Å². The zero-order valence-corrected chi connectivity index (χ0v) is 13.6. The minimum absolute atomic E-state index is 0.135. The Labute approximate surface area is 105 Å².